The molecule has 1 aliphatic rings. The van der Waals surface area contributed by atoms with Crippen molar-refractivity contribution in [3.63, 3.8) is 0 Å². The molecule has 2 rings (SSSR count). The molecule has 0 unspecified atom stereocenters. The summed E-state index contributed by atoms with van der Waals surface area (Å²) in [6.07, 6.45) is 1.88. The van der Waals surface area contributed by atoms with Crippen molar-refractivity contribution in [3.8, 4) is 0 Å². The zero-order valence-corrected chi connectivity index (χ0v) is 11.4. The van der Waals surface area contributed by atoms with Crippen LogP contribution in [0.3, 0.4) is 0 Å². The molecule has 0 saturated carbocycles. The summed E-state index contributed by atoms with van der Waals surface area (Å²) in [5.74, 6) is 6.82. The van der Waals surface area contributed by atoms with E-state index in [0.717, 1.165) is 23.4 Å². The summed E-state index contributed by atoms with van der Waals surface area (Å²) in [6.45, 7) is 5.73. The smallest absolute Gasteiger partial charge is 0.159 e. The topological polar surface area (TPSA) is 76.3 Å². The molecule has 94 valence electrons. The van der Waals surface area contributed by atoms with Crippen LogP contribution in [-0.2, 0) is 4.74 Å². The number of hydrogen-bond donors (Lipinski definition) is 2. The predicted octanol–water partition coefficient (Wildman–Crippen LogP) is 1.14. The molecule has 0 bridgehead atoms. The van der Waals surface area contributed by atoms with Gasteiger partial charge in [-0.15, -0.1) is 0 Å². The number of rotatable bonds is 2. The second-order valence-corrected chi connectivity index (χ2v) is 4.96. The molecule has 1 aliphatic heterocycles. The molecule has 3 N–H and O–H groups in total. The number of ether oxygens (including phenoxy) is 1. The molecule has 17 heavy (non-hydrogen) atoms. The van der Waals surface area contributed by atoms with Crippen LogP contribution in [0.5, 0.6) is 0 Å². The number of morpholine rings is 1. The van der Waals surface area contributed by atoms with E-state index in [1.165, 1.54) is 6.33 Å². The molecule has 0 aromatic carbocycles. The van der Waals surface area contributed by atoms with Crippen molar-refractivity contribution in [3.05, 3.63) is 10.8 Å². The fourth-order valence-electron chi connectivity index (χ4n) is 2.03. The van der Waals surface area contributed by atoms with Crippen LogP contribution in [-0.4, -0.2) is 35.3 Å². The van der Waals surface area contributed by atoms with Gasteiger partial charge in [-0.05, 0) is 29.8 Å². The molecule has 7 heteroatoms. The van der Waals surface area contributed by atoms with Crippen LogP contribution in [0, 0.1) is 0 Å². The summed E-state index contributed by atoms with van der Waals surface area (Å²) >= 11 is 3.47. The molecule has 0 radical (unpaired) electrons. The van der Waals surface area contributed by atoms with Gasteiger partial charge >= 0.3 is 0 Å². The van der Waals surface area contributed by atoms with E-state index in [4.69, 9.17) is 10.6 Å². The van der Waals surface area contributed by atoms with Gasteiger partial charge in [0.15, 0.2) is 5.82 Å². The summed E-state index contributed by atoms with van der Waals surface area (Å²) in [7, 11) is 0. The SMILES string of the molecule is C[C@@H]1CN(c2ncnc(NN)c2Br)C[C@H](C)O1. The Morgan fingerprint density at radius 1 is 1.41 bits per heavy atom. The molecule has 6 nitrogen and oxygen atoms in total. The monoisotopic (exact) mass is 301 g/mol. The second kappa shape index (κ2) is 5.16. The lowest BCUT2D eigenvalue weighted by Crippen LogP contribution is -2.46. The summed E-state index contributed by atoms with van der Waals surface area (Å²) < 4.78 is 6.47. The number of nitrogens with one attached hydrogen (secondary N) is 1. The number of hydrazine groups is 1. The van der Waals surface area contributed by atoms with E-state index in [9.17, 15) is 0 Å². The zero-order valence-electron chi connectivity index (χ0n) is 9.85. The van der Waals surface area contributed by atoms with Gasteiger partial charge in [0, 0.05) is 13.1 Å². The van der Waals surface area contributed by atoms with Crippen molar-refractivity contribution in [2.24, 2.45) is 5.84 Å². The van der Waals surface area contributed by atoms with E-state index < -0.39 is 0 Å². The van der Waals surface area contributed by atoms with E-state index in [-0.39, 0.29) is 12.2 Å². The third-order valence-electron chi connectivity index (χ3n) is 2.63. The maximum Gasteiger partial charge on any atom is 0.159 e. The first kappa shape index (κ1) is 12.5. The minimum Gasteiger partial charge on any atom is -0.372 e. The average Bonchev–Trinajstić information content (AvgIpc) is 2.28. The standard InChI is InChI=1S/C10H16BrN5O/c1-6-3-16(4-7(2)17-6)10-8(11)9(15-12)13-5-14-10/h5-7H,3-4,12H2,1-2H3,(H,13,14,15)/t6-,7+. The van der Waals surface area contributed by atoms with Crippen molar-refractivity contribution < 1.29 is 4.74 Å². The van der Waals surface area contributed by atoms with E-state index >= 15 is 0 Å². The van der Waals surface area contributed by atoms with Gasteiger partial charge in [0.1, 0.15) is 16.6 Å². The van der Waals surface area contributed by atoms with Crippen molar-refractivity contribution in [1.82, 2.24) is 9.97 Å². The van der Waals surface area contributed by atoms with Crippen molar-refractivity contribution in [2.45, 2.75) is 26.1 Å². The first-order valence-corrected chi connectivity index (χ1v) is 6.28. The molecule has 1 fully saturated rings. The van der Waals surface area contributed by atoms with Crippen LogP contribution in [0.25, 0.3) is 0 Å². The lowest BCUT2D eigenvalue weighted by Gasteiger charge is -2.36. The highest BCUT2D eigenvalue weighted by molar-refractivity contribution is 9.10. The van der Waals surface area contributed by atoms with Gasteiger partial charge < -0.3 is 15.1 Å². The molecule has 0 aliphatic carbocycles. The number of anilines is 2. The molecule has 1 aromatic heterocycles. The quantitative estimate of drug-likeness (QED) is 0.630. The number of nitrogens with two attached hydrogens (primary N) is 1. The third kappa shape index (κ3) is 2.67. The number of aromatic nitrogens is 2. The fourth-order valence-corrected chi connectivity index (χ4v) is 2.60. The zero-order chi connectivity index (χ0) is 12.4. The summed E-state index contributed by atoms with van der Waals surface area (Å²) in [5, 5.41) is 0. The van der Waals surface area contributed by atoms with Gasteiger partial charge in [-0.3, -0.25) is 0 Å². The fraction of sp³-hybridized carbons (Fsp3) is 0.600. The Hall–Kier alpha value is -0.920. The molecular formula is C10H16BrN5O. The van der Waals surface area contributed by atoms with Gasteiger partial charge in [0.05, 0.1) is 12.2 Å². The van der Waals surface area contributed by atoms with E-state index in [2.05, 4.69) is 50.1 Å². The van der Waals surface area contributed by atoms with Crippen LogP contribution in [0.2, 0.25) is 0 Å². The van der Waals surface area contributed by atoms with Gasteiger partial charge in [0.25, 0.3) is 0 Å². The molecule has 2 atom stereocenters. The third-order valence-corrected chi connectivity index (χ3v) is 3.36. The minimum atomic E-state index is 0.190. The molecule has 0 amide bonds. The van der Waals surface area contributed by atoms with E-state index in [1.54, 1.807) is 0 Å². The molecule has 2 heterocycles. The summed E-state index contributed by atoms with van der Waals surface area (Å²) in [5.41, 5.74) is 2.54. The normalized spacial score (nSPS) is 24.8. The van der Waals surface area contributed by atoms with Crippen molar-refractivity contribution in [2.75, 3.05) is 23.4 Å². The Labute approximate surface area is 109 Å². The maximum atomic E-state index is 5.69. The highest BCUT2D eigenvalue weighted by Gasteiger charge is 2.25. The highest BCUT2D eigenvalue weighted by Crippen LogP contribution is 2.30. The van der Waals surface area contributed by atoms with Crippen molar-refractivity contribution in [1.29, 1.82) is 0 Å². The Morgan fingerprint density at radius 2 is 2.06 bits per heavy atom. The first-order valence-electron chi connectivity index (χ1n) is 5.49. The Kier molecular flexibility index (Phi) is 3.80. The van der Waals surface area contributed by atoms with Crippen molar-refractivity contribution >= 4 is 27.6 Å². The average molecular weight is 302 g/mol. The lowest BCUT2D eigenvalue weighted by atomic mass is 10.2. The lowest BCUT2D eigenvalue weighted by molar-refractivity contribution is -0.00550. The van der Waals surface area contributed by atoms with Crippen LogP contribution in [0.4, 0.5) is 11.6 Å². The Bertz CT molecular complexity index is 392. The van der Waals surface area contributed by atoms with Gasteiger partial charge in [0.2, 0.25) is 0 Å². The van der Waals surface area contributed by atoms with Crippen LogP contribution in [0.15, 0.2) is 10.8 Å². The highest BCUT2D eigenvalue weighted by atomic mass is 79.9. The first-order chi connectivity index (χ1) is 8.11. The van der Waals surface area contributed by atoms with Gasteiger partial charge in [-0.1, -0.05) is 0 Å². The maximum absolute atomic E-state index is 5.69. The second-order valence-electron chi connectivity index (χ2n) is 4.17. The number of nitrogens with zero attached hydrogens (tertiary/aromatic N) is 3. The Balaban J connectivity index is 2.27. The molecular weight excluding hydrogens is 286 g/mol. The van der Waals surface area contributed by atoms with Gasteiger partial charge in [-0.2, -0.15) is 0 Å². The summed E-state index contributed by atoms with van der Waals surface area (Å²) in [6, 6.07) is 0. The minimum absolute atomic E-state index is 0.190. The number of halogens is 1. The molecule has 1 aromatic rings. The van der Waals surface area contributed by atoms with Gasteiger partial charge in [-0.25, -0.2) is 15.8 Å². The van der Waals surface area contributed by atoms with Crippen LogP contribution >= 0.6 is 15.9 Å². The predicted molar refractivity (Wildman–Crippen MR) is 69.8 cm³/mol. The largest absolute Gasteiger partial charge is 0.372 e. The summed E-state index contributed by atoms with van der Waals surface area (Å²) in [4.78, 5) is 10.5. The van der Waals surface area contributed by atoms with E-state index in [0.29, 0.717) is 5.82 Å². The van der Waals surface area contributed by atoms with E-state index in [1.807, 2.05) is 0 Å². The van der Waals surface area contributed by atoms with Crippen LogP contribution in [0.1, 0.15) is 13.8 Å². The number of hydrogen-bond acceptors (Lipinski definition) is 6. The molecule has 0 spiro atoms. The molecule has 1 saturated heterocycles. The Morgan fingerprint density at radius 3 is 2.65 bits per heavy atom. The number of nitrogen functional groups attached to an aromatic ring is 1. The van der Waals surface area contributed by atoms with Crippen LogP contribution < -0.4 is 16.2 Å².